The number of rotatable bonds is 55. The van der Waals surface area contributed by atoms with Gasteiger partial charge in [-0.1, -0.05) is 241 Å². The van der Waals surface area contributed by atoms with Gasteiger partial charge in [-0.2, -0.15) is 0 Å². The van der Waals surface area contributed by atoms with E-state index in [1.54, 1.807) is 0 Å². The highest BCUT2D eigenvalue weighted by Crippen LogP contribution is 2.15. The average molecular weight is 992 g/mol. The second-order valence-corrected chi connectivity index (χ2v) is 20.2. The normalized spacial score (nSPS) is 12.5. The summed E-state index contributed by atoms with van der Waals surface area (Å²) >= 11 is 0. The Morgan fingerprint density at radius 3 is 0.859 bits per heavy atom. The summed E-state index contributed by atoms with van der Waals surface area (Å²) in [5.74, 6) is -0.928. The zero-order valence-electron chi connectivity index (χ0n) is 47.0. The number of hydrogen-bond acceptors (Lipinski definition) is 6. The van der Waals surface area contributed by atoms with Crippen LogP contribution in [0, 0.1) is 0 Å². The molecule has 0 saturated carbocycles. The van der Waals surface area contributed by atoms with E-state index in [1.807, 2.05) is 0 Å². The second kappa shape index (κ2) is 59.4. The highest BCUT2D eigenvalue weighted by atomic mass is 16.6. The third kappa shape index (κ3) is 57.6. The monoisotopic (exact) mass is 991 g/mol. The molecule has 0 amide bonds. The van der Waals surface area contributed by atoms with Crippen LogP contribution in [-0.4, -0.2) is 37.2 Å². The van der Waals surface area contributed by atoms with Gasteiger partial charge < -0.3 is 14.2 Å². The molecule has 0 aliphatic carbocycles. The summed E-state index contributed by atoms with van der Waals surface area (Å²) in [5.41, 5.74) is 0. The minimum Gasteiger partial charge on any atom is -0.462 e. The first-order valence-corrected chi connectivity index (χ1v) is 30.4. The van der Waals surface area contributed by atoms with Crippen molar-refractivity contribution in [3.8, 4) is 0 Å². The summed E-state index contributed by atoms with van der Waals surface area (Å²) in [6.07, 6.45) is 76.1. The van der Waals surface area contributed by atoms with Gasteiger partial charge in [0.2, 0.25) is 0 Å². The molecule has 1 atom stereocenters. The number of carbonyl (C=O) groups is 3. The van der Waals surface area contributed by atoms with Crippen molar-refractivity contribution in [1.82, 2.24) is 0 Å². The van der Waals surface area contributed by atoms with Gasteiger partial charge in [0, 0.05) is 19.3 Å². The molecular formula is C65H114O6. The molecule has 0 N–H and O–H groups in total. The van der Waals surface area contributed by atoms with Gasteiger partial charge in [-0.25, -0.2) is 0 Å². The molecule has 0 aromatic carbocycles. The molecule has 0 radical (unpaired) electrons. The first-order valence-electron chi connectivity index (χ1n) is 30.4. The lowest BCUT2D eigenvalue weighted by Crippen LogP contribution is -2.30. The Morgan fingerprint density at radius 1 is 0.282 bits per heavy atom. The molecule has 0 aliphatic heterocycles. The Kier molecular flexibility index (Phi) is 56.8. The van der Waals surface area contributed by atoms with E-state index < -0.39 is 6.10 Å². The smallest absolute Gasteiger partial charge is 0.306 e. The highest BCUT2D eigenvalue weighted by molar-refractivity contribution is 5.71. The molecule has 0 aliphatic rings. The molecule has 0 heterocycles. The fraction of sp³-hybridized carbons (Fsp3) is 0.769. The van der Waals surface area contributed by atoms with Crippen LogP contribution in [-0.2, 0) is 28.6 Å². The van der Waals surface area contributed by atoms with Gasteiger partial charge in [-0.3, -0.25) is 14.4 Å². The maximum Gasteiger partial charge on any atom is 0.306 e. The van der Waals surface area contributed by atoms with Crippen molar-refractivity contribution >= 4 is 17.9 Å². The average Bonchev–Trinajstić information content (AvgIpc) is 3.37. The van der Waals surface area contributed by atoms with E-state index in [0.29, 0.717) is 19.3 Å². The second-order valence-electron chi connectivity index (χ2n) is 20.2. The minimum absolute atomic E-state index is 0.0906. The third-order valence-electron chi connectivity index (χ3n) is 13.2. The maximum absolute atomic E-state index is 12.9. The summed E-state index contributed by atoms with van der Waals surface area (Å²) in [4.78, 5) is 38.2. The Bertz CT molecular complexity index is 1320. The molecule has 0 fully saturated rings. The molecule has 6 nitrogen and oxygen atoms in total. The predicted molar refractivity (Wildman–Crippen MR) is 307 cm³/mol. The zero-order valence-corrected chi connectivity index (χ0v) is 47.0. The van der Waals surface area contributed by atoms with Crippen molar-refractivity contribution in [2.24, 2.45) is 0 Å². The lowest BCUT2D eigenvalue weighted by Gasteiger charge is -2.18. The van der Waals surface area contributed by atoms with Crippen LogP contribution in [0.4, 0.5) is 0 Å². The van der Waals surface area contributed by atoms with E-state index in [2.05, 4.69) is 93.7 Å². The molecule has 0 saturated heterocycles. The summed E-state index contributed by atoms with van der Waals surface area (Å²) in [7, 11) is 0. The van der Waals surface area contributed by atoms with Gasteiger partial charge in [-0.15, -0.1) is 0 Å². The summed E-state index contributed by atoms with van der Waals surface area (Å²) in [5, 5.41) is 0. The third-order valence-corrected chi connectivity index (χ3v) is 13.2. The van der Waals surface area contributed by atoms with Gasteiger partial charge in [0.25, 0.3) is 0 Å². The van der Waals surface area contributed by atoms with Crippen LogP contribution < -0.4 is 0 Å². The van der Waals surface area contributed by atoms with E-state index >= 15 is 0 Å². The van der Waals surface area contributed by atoms with E-state index in [1.165, 1.54) is 186 Å². The summed E-state index contributed by atoms with van der Waals surface area (Å²) < 4.78 is 16.9. The van der Waals surface area contributed by atoms with Crippen LogP contribution >= 0.6 is 0 Å². The van der Waals surface area contributed by atoms with E-state index in [9.17, 15) is 14.4 Å². The van der Waals surface area contributed by atoms with Crippen molar-refractivity contribution in [3.63, 3.8) is 0 Å². The van der Waals surface area contributed by atoms with Crippen LogP contribution in [0.3, 0.4) is 0 Å². The van der Waals surface area contributed by atoms with E-state index in [4.69, 9.17) is 14.2 Å². The Hall–Kier alpha value is -3.15. The van der Waals surface area contributed by atoms with Crippen molar-refractivity contribution in [2.75, 3.05) is 13.2 Å². The maximum atomic E-state index is 12.9. The van der Waals surface area contributed by atoms with Crippen LogP contribution in [0.15, 0.2) is 72.9 Å². The minimum atomic E-state index is -0.796. The van der Waals surface area contributed by atoms with Gasteiger partial charge in [0.05, 0.1) is 0 Å². The number of esters is 3. The van der Waals surface area contributed by atoms with Crippen molar-refractivity contribution in [3.05, 3.63) is 72.9 Å². The van der Waals surface area contributed by atoms with Crippen LogP contribution in [0.2, 0.25) is 0 Å². The number of hydrogen-bond donors (Lipinski definition) is 0. The lowest BCUT2D eigenvalue weighted by molar-refractivity contribution is -0.167. The van der Waals surface area contributed by atoms with Crippen LogP contribution in [0.1, 0.15) is 303 Å². The number of ether oxygens (including phenoxy) is 3. The molecule has 0 aromatic heterocycles. The van der Waals surface area contributed by atoms with Gasteiger partial charge in [0.15, 0.2) is 6.10 Å². The molecular weight excluding hydrogens is 877 g/mol. The number of unbranched alkanes of at least 4 members (excludes halogenated alkanes) is 32. The van der Waals surface area contributed by atoms with Crippen molar-refractivity contribution in [1.29, 1.82) is 0 Å². The standard InChI is InChI=1S/C65H114O6/c1-4-7-10-13-16-19-22-25-28-30-32-34-37-40-43-46-49-52-55-58-64(67)70-61-62(60-69-63(66)57-54-51-48-45-42-39-36-27-24-21-18-15-12-9-6-3)71-65(68)59-56-53-50-47-44-41-38-35-33-31-29-26-23-20-17-14-11-8-5-2/h16,18-19,21,25,27-28,31,33,36,42,45,62H,4-15,17,20,22-24,26,29-30,32,34-35,37-41,43-44,46-61H2,1-3H3/b19-16-,21-18-,28-25-,33-31-,36-27-,45-42-/t62-/m1/s1. The fourth-order valence-electron chi connectivity index (χ4n) is 8.53. The first-order chi connectivity index (χ1) is 35.0. The summed E-state index contributed by atoms with van der Waals surface area (Å²) in [6, 6.07) is 0. The SMILES string of the molecule is CCCCC/C=C\C/C=C\C/C=C\CCCCC(=O)OC[C@H](COC(=O)CCCCCCCCCCC/C=C\C/C=C\CCCCC)OC(=O)CCCCCCCCC/C=C\CCCCCCCCCC. The highest BCUT2D eigenvalue weighted by Gasteiger charge is 2.19. The van der Waals surface area contributed by atoms with Crippen LogP contribution in [0.25, 0.3) is 0 Å². The quantitative estimate of drug-likeness (QED) is 0.0261. The lowest BCUT2D eigenvalue weighted by atomic mass is 10.1. The molecule has 0 rings (SSSR count). The first kappa shape index (κ1) is 67.8. The molecule has 6 heteroatoms. The largest absolute Gasteiger partial charge is 0.462 e. The molecule has 410 valence electrons. The molecule has 0 unspecified atom stereocenters. The zero-order chi connectivity index (χ0) is 51.4. The number of allylic oxidation sites excluding steroid dienone is 12. The van der Waals surface area contributed by atoms with E-state index in [0.717, 1.165) is 77.0 Å². The molecule has 0 aromatic rings. The Labute approximate surface area is 440 Å². The van der Waals surface area contributed by atoms with Crippen molar-refractivity contribution < 1.29 is 28.6 Å². The predicted octanol–water partition coefficient (Wildman–Crippen LogP) is 20.5. The van der Waals surface area contributed by atoms with Crippen LogP contribution in [0.5, 0.6) is 0 Å². The Morgan fingerprint density at radius 2 is 0.507 bits per heavy atom. The topological polar surface area (TPSA) is 78.9 Å². The van der Waals surface area contributed by atoms with Gasteiger partial charge in [-0.05, 0) is 116 Å². The fourth-order valence-corrected chi connectivity index (χ4v) is 8.53. The Balaban J connectivity index is 4.42. The summed E-state index contributed by atoms with van der Waals surface area (Å²) in [6.45, 7) is 6.57. The van der Waals surface area contributed by atoms with Gasteiger partial charge >= 0.3 is 17.9 Å². The molecule has 0 spiro atoms. The van der Waals surface area contributed by atoms with Gasteiger partial charge in [0.1, 0.15) is 13.2 Å². The van der Waals surface area contributed by atoms with E-state index in [-0.39, 0.29) is 31.1 Å². The number of carbonyl (C=O) groups excluding carboxylic acids is 3. The van der Waals surface area contributed by atoms with Crippen molar-refractivity contribution in [2.45, 2.75) is 309 Å². The molecule has 71 heavy (non-hydrogen) atoms. The molecule has 0 bridgehead atoms.